The fourth-order valence-corrected chi connectivity index (χ4v) is 3.42. The Balaban J connectivity index is 1.71. The minimum absolute atomic E-state index is 0.0816. The topological polar surface area (TPSA) is 78.8 Å². The molecule has 0 saturated carbocycles. The molecule has 2 aliphatic heterocycles. The minimum atomic E-state index is -3.41. The van der Waals surface area contributed by atoms with E-state index in [1.807, 2.05) is 0 Å². The number of sulfonamides is 1. The van der Waals surface area contributed by atoms with Crippen molar-refractivity contribution in [2.45, 2.75) is 13.0 Å². The van der Waals surface area contributed by atoms with Crippen LogP contribution in [0.5, 0.6) is 0 Å². The van der Waals surface area contributed by atoms with Gasteiger partial charge in [-0.1, -0.05) is 12.1 Å². The molecular formula is C16H16FN3O3S. The van der Waals surface area contributed by atoms with Crippen LogP contribution in [0.4, 0.5) is 4.39 Å². The van der Waals surface area contributed by atoms with Gasteiger partial charge in [0.25, 0.3) is 15.9 Å². The molecule has 1 atom stereocenters. The summed E-state index contributed by atoms with van der Waals surface area (Å²) in [6, 6.07) is 5.63. The summed E-state index contributed by atoms with van der Waals surface area (Å²) in [4.78, 5) is 14.0. The molecule has 1 unspecified atom stereocenters. The smallest absolute Gasteiger partial charge is 0.256 e. The van der Waals surface area contributed by atoms with Gasteiger partial charge in [0, 0.05) is 12.7 Å². The van der Waals surface area contributed by atoms with E-state index in [9.17, 15) is 17.6 Å². The summed E-state index contributed by atoms with van der Waals surface area (Å²) >= 11 is 0. The van der Waals surface area contributed by atoms with E-state index in [-0.39, 0.29) is 30.1 Å². The van der Waals surface area contributed by atoms with Crippen LogP contribution in [-0.2, 0) is 14.8 Å². The molecule has 0 fully saturated rings. The molecule has 0 radical (unpaired) electrons. The first-order valence-electron chi connectivity index (χ1n) is 7.39. The molecule has 6 nitrogen and oxygen atoms in total. The molecule has 0 spiro atoms. The van der Waals surface area contributed by atoms with Crippen molar-refractivity contribution in [1.82, 2.24) is 10.2 Å². The Bertz CT molecular complexity index is 857. The third-order valence-corrected chi connectivity index (χ3v) is 4.97. The van der Waals surface area contributed by atoms with Crippen LogP contribution in [0.15, 0.2) is 52.6 Å². The molecular weight excluding hydrogens is 333 g/mol. The van der Waals surface area contributed by atoms with E-state index in [1.165, 1.54) is 24.3 Å². The molecule has 0 saturated heterocycles. The average Bonchev–Trinajstić information content (AvgIpc) is 2.54. The Morgan fingerprint density at radius 3 is 2.71 bits per heavy atom. The molecule has 0 aliphatic carbocycles. The van der Waals surface area contributed by atoms with Crippen molar-refractivity contribution in [3.8, 4) is 0 Å². The number of nitrogens with one attached hydrogen (secondary N) is 1. The number of amidine groups is 1. The van der Waals surface area contributed by atoms with Gasteiger partial charge in [0.15, 0.2) is 0 Å². The van der Waals surface area contributed by atoms with E-state index in [0.29, 0.717) is 11.4 Å². The zero-order valence-electron chi connectivity index (χ0n) is 12.9. The molecule has 1 N–H and O–H groups in total. The number of benzene rings is 1. The normalized spacial score (nSPS) is 19.8. The summed E-state index contributed by atoms with van der Waals surface area (Å²) in [6.45, 7) is 2.06. The van der Waals surface area contributed by atoms with Gasteiger partial charge in [0.1, 0.15) is 11.7 Å². The maximum atomic E-state index is 13.0. The van der Waals surface area contributed by atoms with E-state index in [4.69, 9.17) is 0 Å². The van der Waals surface area contributed by atoms with Crippen LogP contribution in [0.3, 0.4) is 0 Å². The average molecular weight is 349 g/mol. The highest BCUT2D eigenvalue weighted by Crippen LogP contribution is 2.18. The van der Waals surface area contributed by atoms with Crippen molar-refractivity contribution in [3.63, 3.8) is 0 Å². The number of carbonyl (C=O) groups excluding carboxylic acids is 1. The van der Waals surface area contributed by atoms with Gasteiger partial charge >= 0.3 is 0 Å². The number of fused-ring (bicyclic) bond motifs is 1. The number of halogens is 1. The largest absolute Gasteiger partial charge is 0.345 e. The van der Waals surface area contributed by atoms with E-state index in [2.05, 4.69) is 9.71 Å². The molecule has 3 rings (SSSR count). The summed E-state index contributed by atoms with van der Waals surface area (Å²) < 4.78 is 39.6. The Morgan fingerprint density at radius 2 is 2.00 bits per heavy atom. The second kappa shape index (κ2) is 6.20. The molecule has 2 heterocycles. The first-order chi connectivity index (χ1) is 11.3. The van der Waals surface area contributed by atoms with Gasteiger partial charge in [-0.3, -0.25) is 4.79 Å². The quantitative estimate of drug-likeness (QED) is 0.897. The van der Waals surface area contributed by atoms with Crippen LogP contribution in [0.1, 0.15) is 18.5 Å². The van der Waals surface area contributed by atoms with Gasteiger partial charge in [-0.15, -0.1) is 4.40 Å². The van der Waals surface area contributed by atoms with Gasteiger partial charge in [0.2, 0.25) is 0 Å². The highest BCUT2D eigenvalue weighted by Gasteiger charge is 2.25. The van der Waals surface area contributed by atoms with Crippen LogP contribution >= 0.6 is 0 Å². The summed E-state index contributed by atoms with van der Waals surface area (Å²) in [6.07, 6.45) is 4.62. The van der Waals surface area contributed by atoms with E-state index >= 15 is 0 Å². The lowest BCUT2D eigenvalue weighted by molar-refractivity contribution is -0.117. The number of rotatable bonds is 3. The molecule has 1 amide bonds. The summed E-state index contributed by atoms with van der Waals surface area (Å²) in [5, 5.41) is 2.83. The van der Waals surface area contributed by atoms with Crippen LogP contribution in [0.2, 0.25) is 0 Å². The standard InChI is InChI=1S/C16H16FN3O3S/c1-11(12-2-5-14(17)6-3-12)18-16(21)13-4-7-15-19-24(22,23)9-8-20(15)10-13/h2-7,10-11H,8-9H2,1H3,(H,18,21). The lowest BCUT2D eigenvalue weighted by atomic mass is 10.1. The van der Waals surface area contributed by atoms with Gasteiger partial charge in [-0.2, -0.15) is 0 Å². The zero-order chi connectivity index (χ0) is 17.3. The summed E-state index contributed by atoms with van der Waals surface area (Å²) in [5.41, 5.74) is 1.19. The molecule has 2 aliphatic rings. The van der Waals surface area contributed by atoms with E-state index in [1.54, 1.807) is 30.2 Å². The second-order valence-corrected chi connectivity index (χ2v) is 7.35. The number of hydrogen-bond donors (Lipinski definition) is 1. The maximum Gasteiger partial charge on any atom is 0.256 e. The molecule has 1 aromatic rings. The van der Waals surface area contributed by atoms with Crippen molar-refractivity contribution < 1.29 is 17.6 Å². The lowest BCUT2D eigenvalue weighted by Crippen LogP contribution is -2.38. The Morgan fingerprint density at radius 1 is 1.29 bits per heavy atom. The molecule has 0 bridgehead atoms. The van der Waals surface area contributed by atoms with Crippen molar-refractivity contribution in [2.24, 2.45) is 4.40 Å². The summed E-state index contributed by atoms with van der Waals surface area (Å²) in [7, 11) is -3.41. The van der Waals surface area contributed by atoms with Crippen LogP contribution in [0, 0.1) is 5.82 Å². The highest BCUT2D eigenvalue weighted by atomic mass is 32.2. The Hall–Kier alpha value is -2.48. The first-order valence-corrected chi connectivity index (χ1v) is 9.00. The molecule has 1 aromatic carbocycles. The second-order valence-electron chi connectivity index (χ2n) is 5.59. The fraction of sp³-hybridized carbons (Fsp3) is 0.250. The van der Waals surface area contributed by atoms with Crippen molar-refractivity contribution >= 4 is 21.8 Å². The molecule has 0 aromatic heterocycles. The molecule has 8 heteroatoms. The predicted molar refractivity (Wildman–Crippen MR) is 88.1 cm³/mol. The van der Waals surface area contributed by atoms with Crippen LogP contribution in [-0.4, -0.2) is 37.4 Å². The van der Waals surface area contributed by atoms with E-state index < -0.39 is 10.0 Å². The number of amides is 1. The monoisotopic (exact) mass is 349 g/mol. The van der Waals surface area contributed by atoms with Crippen LogP contribution in [0.25, 0.3) is 0 Å². The third kappa shape index (κ3) is 3.53. The zero-order valence-corrected chi connectivity index (χ0v) is 13.8. The van der Waals surface area contributed by atoms with Gasteiger partial charge in [0.05, 0.1) is 17.4 Å². The fourth-order valence-electron chi connectivity index (χ4n) is 2.45. The first kappa shape index (κ1) is 16.4. The van der Waals surface area contributed by atoms with Gasteiger partial charge < -0.3 is 10.2 Å². The Kier molecular flexibility index (Phi) is 4.23. The van der Waals surface area contributed by atoms with E-state index in [0.717, 1.165) is 5.56 Å². The summed E-state index contributed by atoms with van der Waals surface area (Å²) in [5.74, 6) is -0.399. The lowest BCUT2D eigenvalue weighted by Gasteiger charge is -2.27. The Labute approximate surface area is 139 Å². The maximum absolute atomic E-state index is 13.0. The minimum Gasteiger partial charge on any atom is -0.345 e. The van der Waals surface area contributed by atoms with Gasteiger partial charge in [-0.25, -0.2) is 12.8 Å². The highest BCUT2D eigenvalue weighted by molar-refractivity contribution is 7.90. The number of nitrogens with zero attached hydrogens (tertiary/aromatic N) is 2. The number of hydrogen-bond acceptors (Lipinski definition) is 4. The molecule has 126 valence electrons. The SMILES string of the molecule is CC(NC(=O)C1=CN2CCS(=O)(=O)N=C2C=C1)c1ccc(F)cc1. The number of carbonyl (C=O) groups is 1. The van der Waals surface area contributed by atoms with Crippen molar-refractivity contribution in [1.29, 1.82) is 0 Å². The molecule has 24 heavy (non-hydrogen) atoms. The van der Waals surface area contributed by atoms with Crippen molar-refractivity contribution in [3.05, 3.63) is 59.6 Å². The van der Waals surface area contributed by atoms with Crippen molar-refractivity contribution in [2.75, 3.05) is 12.3 Å². The third-order valence-electron chi connectivity index (χ3n) is 3.80. The van der Waals surface area contributed by atoms with Crippen LogP contribution < -0.4 is 5.32 Å². The predicted octanol–water partition coefficient (Wildman–Crippen LogP) is 1.50. The van der Waals surface area contributed by atoms with Gasteiger partial charge in [-0.05, 0) is 36.8 Å².